The van der Waals surface area contributed by atoms with Gasteiger partial charge < -0.3 is 10.0 Å². The van der Waals surface area contributed by atoms with Gasteiger partial charge in [0.15, 0.2) is 0 Å². The molecule has 0 radical (unpaired) electrons. The van der Waals surface area contributed by atoms with Gasteiger partial charge in [-0.2, -0.15) is 0 Å². The van der Waals surface area contributed by atoms with Crippen LogP contribution in [0.5, 0.6) is 0 Å². The summed E-state index contributed by atoms with van der Waals surface area (Å²) in [6, 6.07) is 49.6. The summed E-state index contributed by atoms with van der Waals surface area (Å²) in [4.78, 5) is 25.7. The lowest BCUT2D eigenvalue weighted by Crippen LogP contribution is -2.09. The van der Waals surface area contributed by atoms with Gasteiger partial charge in [-0.05, 0) is 114 Å². The Morgan fingerprint density at radius 3 is 1.67 bits per heavy atom. The molecule has 4 heterocycles. The van der Waals surface area contributed by atoms with E-state index >= 15 is 0 Å². The van der Waals surface area contributed by atoms with Crippen molar-refractivity contribution in [2.24, 2.45) is 0 Å². The van der Waals surface area contributed by atoms with Gasteiger partial charge in [0.25, 0.3) is 5.70 Å². The third kappa shape index (κ3) is 6.81. The first-order valence-corrected chi connectivity index (χ1v) is 19.4. The van der Waals surface area contributed by atoms with Crippen LogP contribution >= 0.6 is 45.3 Å². The number of carboxylic acids is 1. The van der Waals surface area contributed by atoms with E-state index in [0.29, 0.717) is 0 Å². The molecule has 8 heteroatoms. The molecular weight excluding hydrogens is 705 g/mol. The Morgan fingerprint density at radius 2 is 1.08 bits per heavy atom. The van der Waals surface area contributed by atoms with Gasteiger partial charge >= 0.3 is 5.97 Å². The van der Waals surface area contributed by atoms with Crippen LogP contribution in [0.25, 0.3) is 61.4 Å². The van der Waals surface area contributed by atoms with Crippen LogP contribution in [0.1, 0.15) is 10.4 Å². The summed E-state index contributed by atoms with van der Waals surface area (Å²) in [5.41, 5.74) is 5.50. The molecule has 0 saturated carbocycles. The average molecular weight is 733 g/mol. The SMILES string of the molecule is [C-]#[N+]/C(=C\c1ccc(-c2ccc(-c3ccc(-c4ccc(-c5ccc(N(c6ccc(C)cc6)c6ccc7ccccc7c6)cc5)s4)s3)s2)s1)C(=O)O. The standard InChI is InChI=1S/C43H28N2O2S4/c1-27-7-12-31(13-8-27)45(33-16-9-28-5-3-4-6-30(28)25-33)32-14-10-29(11-15-32)36-19-20-39(49-36)40-23-24-42(51-40)41-22-21-38(50-41)37-18-17-34(48-37)26-35(44-2)43(46)47/h3-26H,1H3,(H,46,47)/b35-26-. The van der Waals surface area contributed by atoms with E-state index in [1.165, 1.54) is 63.7 Å². The number of carboxylic acid groups (broad SMARTS) is 1. The monoisotopic (exact) mass is 732 g/mol. The number of anilines is 3. The summed E-state index contributed by atoms with van der Waals surface area (Å²) in [6.07, 6.45) is 1.43. The summed E-state index contributed by atoms with van der Waals surface area (Å²) in [7, 11) is 0. The summed E-state index contributed by atoms with van der Waals surface area (Å²) >= 11 is 6.80. The Kier molecular flexibility index (Phi) is 8.95. The first-order chi connectivity index (χ1) is 24.9. The normalized spacial score (nSPS) is 11.5. The molecule has 51 heavy (non-hydrogen) atoms. The molecule has 8 aromatic rings. The molecule has 0 bridgehead atoms. The molecule has 0 saturated heterocycles. The van der Waals surface area contributed by atoms with Crippen molar-refractivity contribution in [3.8, 4) is 39.7 Å². The first kappa shape index (κ1) is 32.6. The van der Waals surface area contributed by atoms with Crippen LogP contribution < -0.4 is 4.90 Å². The number of fused-ring (bicyclic) bond motifs is 1. The molecular formula is C43H28N2O2S4. The number of thiophene rings is 4. The van der Waals surface area contributed by atoms with E-state index in [4.69, 9.17) is 6.57 Å². The van der Waals surface area contributed by atoms with Gasteiger partial charge in [0.05, 0.1) is 6.57 Å². The van der Waals surface area contributed by atoms with E-state index < -0.39 is 5.97 Å². The number of nitrogens with zero attached hydrogens (tertiary/aromatic N) is 2. The Bertz CT molecular complexity index is 2590. The Morgan fingerprint density at radius 1 is 0.588 bits per heavy atom. The van der Waals surface area contributed by atoms with Gasteiger partial charge in [-0.3, -0.25) is 4.79 Å². The number of aryl methyl sites for hydroxylation is 1. The molecule has 0 aliphatic heterocycles. The van der Waals surface area contributed by atoms with Crippen LogP contribution in [-0.4, -0.2) is 11.1 Å². The first-order valence-electron chi connectivity index (χ1n) is 16.1. The number of rotatable bonds is 9. The molecule has 0 fully saturated rings. The van der Waals surface area contributed by atoms with Crippen molar-refractivity contribution in [1.82, 2.24) is 0 Å². The molecule has 0 spiro atoms. The molecule has 0 aliphatic rings. The van der Waals surface area contributed by atoms with E-state index in [2.05, 4.69) is 144 Å². The fourth-order valence-electron chi connectivity index (χ4n) is 5.90. The Balaban J connectivity index is 1.02. The highest BCUT2D eigenvalue weighted by Crippen LogP contribution is 2.45. The van der Waals surface area contributed by atoms with E-state index in [1.54, 1.807) is 34.0 Å². The lowest BCUT2D eigenvalue weighted by atomic mass is 10.1. The van der Waals surface area contributed by atoms with Crippen LogP contribution in [0.2, 0.25) is 0 Å². The van der Waals surface area contributed by atoms with E-state index in [-0.39, 0.29) is 5.70 Å². The fraction of sp³-hybridized carbons (Fsp3) is 0.0233. The van der Waals surface area contributed by atoms with Crippen LogP contribution in [0.4, 0.5) is 17.1 Å². The summed E-state index contributed by atoms with van der Waals surface area (Å²) in [5, 5.41) is 11.6. The molecule has 0 atom stereocenters. The highest BCUT2D eigenvalue weighted by molar-refractivity contribution is 7.29. The average Bonchev–Trinajstić information content (AvgIpc) is 3.99. The molecule has 4 nitrogen and oxygen atoms in total. The van der Waals surface area contributed by atoms with Crippen molar-refractivity contribution in [3.63, 3.8) is 0 Å². The van der Waals surface area contributed by atoms with Crippen molar-refractivity contribution in [3.05, 3.63) is 167 Å². The van der Waals surface area contributed by atoms with Crippen LogP contribution in [0, 0.1) is 13.5 Å². The van der Waals surface area contributed by atoms with E-state index in [0.717, 1.165) is 31.7 Å². The number of hydrogen-bond acceptors (Lipinski definition) is 6. The van der Waals surface area contributed by atoms with Gasteiger partial charge in [-0.25, -0.2) is 4.85 Å². The van der Waals surface area contributed by atoms with Crippen molar-refractivity contribution >= 4 is 85.2 Å². The molecule has 0 aliphatic carbocycles. The molecule has 4 aromatic heterocycles. The van der Waals surface area contributed by atoms with Crippen LogP contribution in [-0.2, 0) is 4.79 Å². The summed E-state index contributed by atoms with van der Waals surface area (Å²) < 4.78 is 0. The molecule has 8 rings (SSSR count). The summed E-state index contributed by atoms with van der Waals surface area (Å²) in [5.74, 6) is -1.21. The zero-order valence-corrected chi connectivity index (χ0v) is 30.5. The highest BCUT2D eigenvalue weighted by atomic mass is 32.1. The largest absolute Gasteiger partial charge is 0.486 e. The van der Waals surface area contributed by atoms with Gasteiger partial charge in [0.2, 0.25) is 0 Å². The second-order valence-electron chi connectivity index (χ2n) is 11.9. The highest BCUT2D eigenvalue weighted by Gasteiger charge is 2.16. The minimum atomic E-state index is -1.21. The molecule has 246 valence electrons. The second-order valence-corrected chi connectivity index (χ2v) is 16.3. The number of carbonyl (C=O) groups is 1. The molecule has 1 N–H and O–H groups in total. The zero-order chi connectivity index (χ0) is 34.9. The number of aliphatic carboxylic acids is 1. The van der Waals surface area contributed by atoms with Crippen molar-refractivity contribution in [1.29, 1.82) is 0 Å². The maximum Gasteiger partial charge on any atom is 0.333 e. The summed E-state index contributed by atoms with van der Waals surface area (Å²) in [6.45, 7) is 9.22. The van der Waals surface area contributed by atoms with Gasteiger partial charge in [-0.1, -0.05) is 60.2 Å². The maximum absolute atomic E-state index is 11.2. The topological polar surface area (TPSA) is 44.9 Å². The van der Waals surface area contributed by atoms with Crippen molar-refractivity contribution < 1.29 is 9.90 Å². The van der Waals surface area contributed by atoms with Crippen molar-refractivity contribution in [2.45, 2.75) is 6.92 Å². The van der Waals surface area contributed by atoms with Crippen molar-refractivity contribution in [2.75, 3.05) is 4.90 Å². The smallest absolute Gasteiger partial charge is 0.333 e. The minimum Gasteiger partial charge on any atom is -0.486 e. The number of benzene rings is 4. The predicted octanol–water partition coefficient (Wildman–Crippen LogP) is 13.9. The third-order valence-corrected chi connectivity index (χ3v) is 13.4. The quantitative estimate of drug-likeness (QED) is 0.119. The Labute approximate surface area is 311 Å². The van der Waals surface area contributed by atoms with E-state index in [1.807, 2.05) is 12.1 Å². The van der Waals surface area contributed by atoms with Gasteiger partial charge in [0.1, 0.15) is 0 Å². The zero-order valence-electron chi connectivity index (χ0n) is 27.2. The fourth-order valence-corrected chi connectivity index (χ4v) is 10.1. The third-order valence-electron chi connectivity index (χ3n) is 8.49. The van der Waals surface area contributed by atoms with E-state index in [9.17, 15) is 9.90 Å². The minimum absolute atomic E-state index is 0.281. The number of hydrogen-bond donors (Lipinski definition) is 1. The Hall–Kier alpha value is -5.56. The van der Waals surface area contributed by atoms with Gasteiger partial charge in [-0.15, -0.1) is 45.3 Å². The molecule has 0 unspecified atom stereocenters. The lowest BCUT2D eigenvalue weighted by molar-refractivity contribution is -0.132. The van der Waals surface area contributed by atoms with Gasteiger partial charge in [0, 0.05) is 56.1 Å². The molecule has 0 amide bonds. The lowest BCUT2D eigenvalue weighted by Gasteiger charge is -2.26. The second kappa shape index (κ2) is 14.0. The predicted molar refractivity (Wildman–Crippen MR) is 219 cm³/mol. The van der Waals surface area contributed by atoms with Crippen LogP contribution in [0.15, 0.2) is 145 Å². The molecule has 4 aromatic carbocycles. The maximum atomic E-state index is 11.2. The van der Waals surface area contributed by atoms with Crippen LogP contribution in [0.3, 0.4) is 0 Å².